The Labute approximate surface area is 154 Å². The normalized spacial score (nSPS) is 26.8. The van der Waals surface area contributed by atoms with Crippen LogP contribution in [-0.4, -0.2) is 11.7 Å². The molecule has 4 heteroatoms. The number of hydrogen-bond donors (Lipinski definition) is 1. The number of benzene rings is 1. The van der Waals surface area contributed by atoms with Gasteiger partial charge in [0.1, 0.15) is 5.60 Å². The van der Waals surface area contributed by atoms with Crippen LogP contribution in [0.5, 0.6) is 0 Å². The van der Waals surface area contributed by atoms with Crippen LogP contribution in [0.3, 0.4) is 0 Å². The molecule has 0 bridgehead atoms. The Morgan fingerprint density at radius 3 is 2.33 bits per heavy atom. The maximum atomic E-state index is 11.7. The third-order valence-corrected chi connectivity index (χ3v) is 5.91. The van der Waals surface area contributed by atoms with E-state index in [1.54, 1.807) is 0 Å². The summed E-state index contributed by atoms with van der Waals surface area (Å²) < 4.78 is 6.92. The Balaban J connectivity index is 2.43. The van der Waals surface area contributed by atoms with Gasteiger partial charge in [0, 0.05) is 16.8 Å². The molecule has 1 aromatic carbocycles. The van der Waals surface area contributed by atoms with Gasteiger partial charge in [0.25, 0.3) is 0 Å². The molecule has 3 nitrogen and oxygen atoms in total. The van der Waals surface area contributed by atoms with Gasteiger partial charge in [-0.05, 0) is 47.8 Å². The molecule has 1 aromatic rings. The molecule has 2 rings (SSSR count). The van der Waals surface area contributed by atoms with Crippen molar-refractivity contribution >= 4 is 22.0 Å². The summed E-state index contributed by atoms with van der Waals surface area (Å²) in [6.45, 7) is 11.3. The van der Waals surface area contributed by atoms with E-state index in [0.29, 0.717) is 6.42 Å². The first kappa shape index (κ1) is 19.3. The molecule has 0 heterocycles. The molecule has 0 saturated heterocycles. The Bertz CT molecular complexity index is 589. The molecule has 1 amide bonds. The van der Waals surface area contributed by atoms with Gasteiger partial charge in [0.05, 0.1) is 0 Å². The third kappa shape index (κ3) is 4.53. The summed E-state index contributed by atoms with van der Waals surface area (Å²) in [6.07, 6.45) is 2.95. The first-order valence-electron chi connectivity index (χ1n) is 8.66. The number of carbonyl (C=O) groups is 1. The predicted molar refractivity (Wildman–Crippen MR) is 102 cm³/mol. The Morgan fingerprint density at radius 1 is 1.25 bits per heavy atom. The van der Waals surface area contributed by atoms with E-state index in [2.05, 4.69) is 62.7 Å². The smallest absolute Gasteiger partial charge is 0.405 e. The highest BCUT2D eigenvalue weighted by Crippen LogP contribution is 2.53. The number of primary amides is 1. The summed E-state index contributed by atoms with van der Waals surface area (Å²) in [6, 6.07) is 8.25. The summed E-state index contributed by atoms with van der Waals surface area (Å²) in [4.78, 5) is 11.7. The van der Waals surface area contributed by atoms with Gasteiger partial charge in [-0.1, -0.05) is 62.7 Å². The van der Waals surface area contributed by atoms with Gasteiger partial charge in [0.15, 0.2) is 0 Å². The molecule has 2 atom stereocenters. The lowest BCUT2D eigenvalue weighted by Gasteiger charge is -2.53. The molecule has 0 radical (unpaired) electrons. The quantitative estimate of drug-likeness (QED) is 0.713. The molecule has 0 aromatic heterocycles. The number of carbonyl (C=O) groups excluding carboxylic acids is 1. The van der Waals surface area contributed by atoms with Crippen molar-refractivity contribution in [2.45, 2.75) is 65.9 Å². The molecule has 1 fully saturated rings. The molecule has 0 spiro atoms. The van der Waals surface area contributed by atoms with E-state index in [1.165, 1.54) is 5.56 Å². The number of ether oxygens (including phenoxy) is 1. The van der Waals surface area contributed by atoms with Gasteiger partial charge in [-0.2, -0.15) is 0 Å². The highest BCUT2D eigenvalue weighted by atomic mass is 79.9. The summed E-state index contributed by atoms with van der Waals surface area (Å²) in [5.74, 6) is 0.255. The third-order valence-electron chi connectivity index (χ3n) is 5.38. The van der Waals surface area contributed by atoms with Crippen molar-refractivity contribution in [3.63, 3.8) is 0 Å². The Kier molecular flexibility index (Phi) is 5.39. The first-order chi connectivity index (χ1) is 10.9. The Morgan fingerprint density at radius 2 is 1.83 bits per heavy atom. The zero-order valence-corrected chi connectivity index (χ0v) is 17.1. The zero-order valence-electron chi connectivity index (χ0n) is 15.5. The number of nitrogens with two attached hydrogens (primary N) is 1. The van der Waals surface area contributed by atoms with Crippen LogP contribution < -0.4 is 5.73 Å². The van der Waals surface area contributed by atoms with Crippen molar-refractivity contribution in [3.8, 4) is 0 Å². The summed E-state index contributed by atoms with van der Waals surface area (Å²) in [7, 11) is 0. The molecule has 1 saturated carbocycles. The molecule has 0 aliphatic heterocycles. The fraction of sp³-hybridized carbons (Fsp3) is 0.650. The van der Waals surface area contributed by atoms with E-state index in [0.717, 1.165) is 23.7 Å². The topological polar surface area (TPSA) is 52.3 Å². The van der Waals surface area contributed by atoms with Crippen LogP contribution in [0.2, 0.25) is 0 Å². The van der Waals surface area contributed by atoms with E-state index in [4.69, 9.17) is 10.5 Å². The van der Waals surface area contributed by atoms with E-state index < -0.39 is 11.7 Å². The summed E-state index contributed by atoms with van der Waals surface area (Å²) >= 11 is 3.48. The highest BCUT2D eigenvalue weighted by molar-refractivity contribution is 9.10. The minimum absolute atomic E-state index is 0.0303. The first-order valence-corrected chi connectivity index (χ1v) is 9.46. The van der Waals surface area contributed by atoms with Crippen LogP contribution in [-0.2, 0) is 11.2 Å². The van der Waals surface area contributed by atoms with E-state index in [9.17, 15) is 4.79 Å². The average molecular weight is 396 g/mol. The largest absolute Gasteiger partial charge is 0.442 e. The predicted octanol–water partition coefficient (Wildman–Crippen LogP) is 5.70. The molecule has 1 aliphatic rings. The van der Waals surface area contributed by atoms with Crippen molar-refractivity contribution < 1.29 is 9.53 Å². The van der Waals surface area contributed by atoms with Crippen molar-refractivity contribution in [1.82, 2.24) is 0 Å². The van der Waals surface area contributed by atoms with E-state index in [-0.39, 0.29) is 16.7 Å². The van der Waals surface area contributed by atoms with E-state index in [1.807, 2.05) is 12.1 Å². The van der Waals surface area contributed by atoms with Crippen LogP contribution in [0.1, 0.15) is 59.4 Å². The molecule has 2 N–H and O–H groups in total. The lowest BCUT2D eigenvalue weighted by Crippen LogP contribution is -2.55. The maximum absolute atomic E-state index is 11.7. The van der Waals surface area contributed by atoms with Crippen molar-refractivity contribution in [3.05, 3.63) is 34.3 Å². The second-order valence-electron chi connectivity index (χ2n) is 9.08. The summed E-state index contributed by atoms with van der Waals surface area (Å²) in [5.41, 5.74) is 6.41. The number of halogens is 1. The van der Waals surface area contributed by atoms with Crippen molar-refractivity contribution in [1.29, 1.82) is 0 Å². The zero-order chi connectivity index (χ0) is 18.2. The molecular weight excluding hydrogens is 366 g/mol. The SMILES string of the molecule is CC1(C)CCC(Cc2ccc(Br)cc2)(OC(N)=O)C(C(C)(C)C)C1. The van der Waals surface area contributed by atoms with Gasteiger partial charge in [-0.15, -0.1) is 0 Å². The van der Waals surface area contributed by atoms with Crippen LogP contribution in [0.4, 0.5) is 4.79 Å². The van der Waals surface area contributed by atoms with Gasteiger partial charge in [-0.3, -0.25) is 0 Å². The number of rotatable bonds is 3. The fourth-order valence-corrected chi connectivity index (χ4v) is 4.44. The van der Waals surface area contributed by atoms with Crippen LogP contribution >= 0.6 is 15.9 Å². The fourth-order valence-electron chi connectivity index (χ4n) is 4.18. The lowest BCUT2D eigenvalue weighted by atomic mass is 9.56. The standard InChI is InChI=1S/C20H30BrNO2/c1-18(2,3)16-13-19(4,5)10-11-20(16,24-17(22)23)12-14-6-8-15(21)9-7-14/h6-9,16H,10-13H2,1-5H3,(H2,22,23). The Hall–Kier alpha value is -1.03. The van der Waals surface area contributed by atoms with Crippen LogP contribution in [0.25, 0.3) is 0 Å². The van der Waals surface area contributed by atoms with Gasteiger partial charge < -0.3 is 10.5 Å². The van der Waals surface area contributed by atoms with Crippen LogP contribution in [0.15, 0.2) is 28.7 Å². The molecule has 24 heavy (non-hydrogen) atoms. The van der Waals surface area contributed by atoms with E-state index >= 15 is 0 Å². The average Bonchev–Trinajstić information content (AvgIpc) is 2.43. The van der Waals surface area contributed by atoms with Gasteiger partial charge in [-0.25, -0.2) is 4.79 Å². The monoisotopic (exact) mass is 395 g/mol. The van der Waals surface area contributed by atoms with Gasteiger partial charge >= 0.3 is 6.09 Å². The minimum atomic E-state index is -0.666. The second kappa shape index (κ2) is 6.70. The van der Waals surface area contributed by atoms with Gasteiger partial charge in [0.2, 0.25) is 0 Å². The maximum Gasteiger partial charge on any atom is 0.405 e. The molecular formula is C20H30BrNO2. The molecule has 134 valence electrons. The molecule has 2 unspecified atom stereocenters. The number of hydrogen-bond acceptors (Lipinski definition) is 2. The van der Waals surface area contributed by atoms with Crippen LogP contribution in [0, 0.1) is 16.7 Å². The summed E-state index contributed by atoms with van der Waals surface area (Å²) in [5, 5.41) is 0. The highest BCUT2D eigenvalue weighted by Gasteiger charge is 2.52. The van der Waals surface area contributed by atoms with Crippen molar-refractivity contribution in [2.75, 3.05) is 0 Å². The number of amides is 1. The second-order valence-corrected chi connectivity index (χ2v) is 9.99. The minimum Gasteiger partial charge on any atom is -0.442 e. The van der Waals surface area contributed by atoms with Crippen molar-refractivity contribution in [2.24, 2.45) is 22.5 Å². The lowest BCUT2D eigenvalue weighted by molar-refractivity contribution is -0.118. The molecule has 1 aliphatic carbocycles.